The maximum Gasteiger partial charge on any atom is 0.243 e. The monoisotopic (exact) mass is 470 g/mol. The van der Waals surface area contributed by atoms with Gasteiger partial charge in [-0.3, -0.25) is 0 Å². The Morgan fingerprint density at radius 1 is 1.03 bits per heavy atom. The Bertz CT molecular complexity index is 1300. The Labute approximate surface area is 191 Å². The zero-order chi connectivity index (χ0) is 23.3. The second-order valence-corrected chi connectivity index (χ2v) is 10.5. The van der Waals surface area contributed by atoms with Gasteiger partial charge < -0.3 is 10.0 Å². The van der Waals surface area contributed by atoms with Gasteiger partial charge in [-0.15, -0.1) is 0 Å². The quantitative estimate of drug-likeness (QED) is 0.621. The Balaban J connectivity index is 1.66. The molecule has 0 bridgehead atoms. The molecule has 3 aromatic carbocycles. The van der Waals surface area contributed by atoms with E-state index >= 15 is 0 Å². The molecule has 1 N–H and O–H groups in total. The Morgan fingerprint density at radius 3 is 2.45 bits per heavy atom. The van der Waals surface area contributed by atoms with E-state index in [4.69, 9.17) is 0 Å². The van der Waals surface area contributed by atoms with Crippen LogP contribution in [0.2, 0.25) is 0 Å². The second-order valence-electron chi connectivity index (χ2n) is 8.58. The number of anilines is 1. The van der Waals surface area contributed by atoms with Gasteiger partial charge in [-0.1, -0.05) is 24.3 Å². The summed E-state index contributed by atoms with van der Waals surface area (Å²) in [6.45, 7) is 0.166. The molecule has 0 aliphatic carbocycles. The largest absolute Gasteiger partial charge is 0.394 e. The standard InChI is InChI=1S/C25H24F2N2O3S/c1-28-23-11-6-16(19-4-2-3-5-22(19)27)14-21(23)25-20(24(28)15-30)12-13-29(25)33(31,32)18-9-7-17(26)8-10-18/h2-11,14,20,24-25,30H,12-13,15H2,1H3/t20-,24+,25-/m0/s1. The van der Waals surface area contributed by atoms with Crippen LogP contribution < -0.4 is 4.90 Å². The summed E-state index contributed by atoms with van der Waals surface area (Å²) in [6, 6.07) is 16.0. The van der Waals surface area contributed by atoms with Crippen molar-refractivity contribution in [3.63, 3.8) is 0 Å². The molecule has 0 unspecified atom stereocenters. The van der Waals surface area contributed by atoms with E-state index in [1.165, 1.54) is 22.5 Å². The van der Waals surface area contributed by atoms with Crippen LogP contribution in [-0.4, -0.2) is 44.1 Å². The van der Waals surface area contributed by atoms with Crippen molar-refractivity contribution in [3.05, 3.63) is 83.9 Å². The molecule has 0 saturated carbocycles. The van der Waals surface area contributed by atoms with Crippen LogP contribution in [0.5, 0.6) is 0 Å². The smallest absolute Gasteiger partial charge is 0.243 e. The fourth-order valence-corrected chi connectivity index (χ4v) is 6.95. The minimum atomic E-state index is -3.91. The molecule has 2 heterocycles. The zero-order valence-electron chi connectivity index (χ0n) is 18.0. The number of aliphatic hydroxyl groups is 1. The van der Waals surface area contributed by atoms with Crippen molar-refractivity contribution in [1.82, 2.24) is 4.31 Å². The minimum absolute atomic E-state index is 0.0239. The molecule has 0 spiro atoms. The number of sulfonamides is 1. The van der Waals surface area contributed by atoms with E-state index < -0.39 is 21.9 Å². The predicted molar refractivity (Wildman–Crippen MR) is 122 cm³/mol. The van der Waals surface area contributed by atoms with Gasteiger partial charge in [0.05, 0.1) is 23.6 Å². The summed E-state index contributed by atoms with van der Waals surface area (Å²) in [4.78, 5) is 2.01. The van der Waals surface area contributed by atoms with Crippen LogP contribution in [0.15, 0.2) is 71.6 Å². The van der Waals surface area contributed by atoms with E-state index in [-0.39, 0.29) is 35.8 Å². The molecule has 5 rings (SSSR count). The van der Waals surface area contributed by atoms with Crippen LogP contribution in [0, 0.1) is 17.6 Å². The first kappa shape index (κ1) is 22.0. The number of rotatable bonds is 4. The lowest BCUT2D eigenvalue weighted by molar-refractivity contribution is 0.193. The fourth-order valence-electron chi connectivity index (χ4n) is 5.29. The van der Waals surface area contributed by atoms with Gasteiger partial charge in [-0.25, -0.2) is 17.2 Å². The van der Waals surface area contributed by atoms with Crippen LogP contribution in [-0.2, 0) is 10.0 Å². The molecular formula is C25H24F2N2O3S. The van der Waals surface area contributed by atoms with Crippen molar-refractivity contribution >= 4 is 15.7 Å². The van der Waals surface area contributed by atoms with E-state index in [1.54, 1.807) is 18.2 Å². The first-order valence-electron chi connectivity index (χ1n) is 10.8. The van der Waals surface area contributed by atoms with Gasteiger partial charge in [0.2, 0.25) is 10.0 Å². The first-order chi connectivity index (χ1) is 15.8. The highest BCUT2D eigenvalue weighted by atomic mass is 32.2. The summed E-state index contributed by atoms with van der Waals surface area (Å²) in [5.41, 5.74) is 2.68. The van der Waals surface area contributed by atoms with Crippen LogP contribution in [0.3, 0.4) is 0 Å². The lowest BCUT2D eigenvalue weighted by Gasteiger charge is -2.44. The fraction of sp³-hybridized carbons (Fsp3) is 0.280. The zero-order valence-corrected chi connectivity index (χ0v) is 18.8. The Hall–Kier alpha value is -2.81. The van der Waals surface area contributed by atoms with Crippen LogP contribution in [0.1, 0.15) is 18.0 Å². The lowest BCUT2D eigenvalue weighted by atomic mass is 9.81. The molecule has 0 amide bonds. The lowest BCUT2D eigenvalue weighted by Crippen LogP contribution is -2.48. The molecule has 0 aromatic heterocycles. The van der Waals surface area contributed by atoms with E-state index in [0.717, 1.165) is 23.4 Å². The van der Waals surface area contributed by atoms with Gasteiger partial charge in [-0.2, -0.15) is 4.31 Å². The van der Waals surface area contributed by atoms with Crippen LogP contribution >= 0.6 is 0 Å². The maximum absolute atomic E-state index is 14.5. The molecule has 172 valence electrons. The van der Waals surface area contributed by atoms with Crippen molar-refractivity contribution in [2.75, 3.05) is 25.1 Å². The Morgan fingerprint density at radius 2 is 1.76 bits per heavy atom. The van der Waals surface area contributed by atoms with Gasteiger partial charge in [0.1, 0.15) is 11.6 Å². The van der Waals surface area contributed by atoms with E-state index in [0.29, 0.717) is 17.5 Å². The molecule has 1 fully saturated rings. The molecule has 33 heavy (non-hydrogen) atoms. The average molecular weight is 471 g/mol. The van der Waals surface area contributed by atoms with Crippen molar-refractivity contribution in [2.45, 2.75) is 23.4 Å². The molecule has 2 aliphatic rings. The number of hydrogen-bond acceptors (Lipinski definition) is 4. The molecule has 1 saturated heterocycles. The van der Waals surface area contributed by atoms with Crippen molar-refractivity contribution in [1.29, 1.82) is 0 Å². The molecule has 5 nitrogen and oxygen atoms in total. The van der Waals surface area contributed by atoms with Gasteiger partial charge in [-0.05, 0) is 60.0 Å². The predicted octanol–water partition coefficient (Wildman–Crippen LogP) is 4.19. The van der Waals surface area contributed by atoms with E-state index in [2.05, 4.69) is 0 Å². The first-order valence-corrected chi connectivity index (χ1v) is 12.3. The summed E-state index contributed by atoms with van der Waals surface area (Å²) in [7, 11) is -2.03. The summed E-state index contributed by atoms with van der Waals surface area (Å²) in [5.74, 6) is -1.00. The van der Waals surface area contributed by atoms with E-state index in [1.807, 2.05) is 30.1 Å². The van der Waals surface area contributed by atoms with Gasteiger partial charge in [0.25, 0.3) is 0 Å². The second kappa shape index (κ2) is 8.20. The number of benzene rings is 3. The number of fused-ring (bicyclic) bond motifs is 3. The number of nitrogens with zero attached hydrogens (tertiary/aromatic N) is 2. The normalized spacial score (nSPS) is 22.8. The minimum Gasteiger partial charge on any atom is -0.394 e. The SMILES string of the molecule is CN1c2ccc(-c3ccccc3F)cc2[C@@H]2[C@@H](CCN2S(=O)(=O)c2ccc(F)cc2)[C@H]1CO. The summed E-state index contributed by atoms with van der Waals surface area (Å²) in [5, 5.41) is 10.1. The highest BCUT2D eigenvalue weighted by Gasteiger charge is 2.50. The van der Waals surface area contributed by atoms with Gasteiger partial charge in [0.15, 0.2) is 0 Å². The van der Waals surface area contributed by atoms with Gasteiger partial charge in [0, 0.05) is 30.8 Å². The van der Waals surface area contributed by atoms with Crippen molar-refractivity contribution in [3.8, 4) is 11.1 Å². The number of halogens is 2. The summed E-state index contributed by atoms with van der Waals surface area (Å²) < 4.78 is 56.5. The van der Waals surface area contributed by atoms with Crippen molar-refractivity contribution < 1.29 is 22.3 Å². The number of likely N-dealkylation sites (N-methyl/N-ethyl adjacent to an activating group) is 1. The molecule has 2 aliphatic heterocycles. The molecule has 3 atom stereocenters. The third-order valence-corrected chi connectivity index (χ3v) is 8.80. The highest BCUT2D eigenvalue weighted by Crippen LogP contribution is 2.51. The average Bonchev–Trinajstić information content (AvgIpc) is 3.26. The Kier molecular flexibility index (Phi) is 5.47. The molecule has 3 aromatic rings. The molecular weight excluding hydrogens is 446 g/mol. The van der Waals surface area contributed by atoms with Crippen LogP contribution in [0.25, 0.3) is 11.1 Å². The number of hydrogen-bond donors (Lipinski definition) is 1. The van der Waals surface area contributed by atoms with Crippen molar-refractivity contribution in [2.24, 2.45) is 5.92 Å². The van der Waals surface area contributed by atoms with Crippen LogP contribution in [0.4, 0.5) is 14.5 Å². The van der Waals surface area contributed by atoms with E-state index in [9.17, 15) is 22.3 Å². The molecule has 0 radical (unpaired) electrons. The maximum atomic E-state index is 14.5. The topological polar surface area (TPSA) is 60.9 Å². The highest BCUT2D eigenvalue weighted by molar-refractivity contribution is 7.89. The molecule has 8 heteroatoms. The summed E-state index contributed by atoms with van der Waals surface area (Å²) >= 11 is 0. The third kappa shape index (κ3) is 3.53. The number of aliphatic hydroxyl groups excluding tert-OH is 1. The third-order valence-electron chi connectivity index (χ3n) is 6.91. The van der Waals surface area contributed by atoms with Gasteiger partial charge >= 0.3 is 0 Å². The summed E-state index contributed by atoms with van der Waals surface area (Å²) in [6.07, 6.45) is 0.573.